The van der Waals surface area contributed by atoms with Gasteiger partial charge >= 0.3 is 0 Å². The molecule has 0 aliphatic rings. The van der Waals surface area contributed by atoms with Gasteiger partial charge in [-0.2, -0.15) is 0 Å². The number of fused-ring (bicyclic) bond motifs is 3. The number of nitrogens with zero attached hydrogens (tertiary/aromatic N) is 5. The van der Waals surface area contributed by atoms with E-state index in [9.17, 15) is 0 Å². The van der Waals surface area contributed by atoms with Gasteiger partial charge in [-0.15, -0.1) is 0 Å². The molecular formula is C66H49N5. The summed E-state index contributed by atoms with van der Waals surface area (Å²) in [4.78, 5) is 21.3. The van der Waals surface area contributed by atoms with Gasteiger partial charge in [0.25, 0.3) is 0 Å². The summed E-state index contributed by atoms with van der Waals surface area (Å²) in [6.45, 7) is 8.70. The Morgan fingerprint density at radius 3 is 1.07 bits per heavy atom. The fraction of sp³-hybridized carbons (Fsp3) is 0.0606. The lowest BCUT2D eigenvalue weighted by molar-refractivity contribution is 1.14. The van der Waals surface area contributed by atoms with Gasteiger partial charge < -0.3 is 4.57 Å². The molecule has 5 nitrogen and oxygen atoms in total. The molecule has 12 rings (SSSR count). The number of hydrogen-bond acceptors (Lipinski definition) is 4. The first-order valence-electron chi connectivity index (χ1n) is 24.2. The van der Waals surface area contributed by atoms with Gasteiger partial charge in [0.15, 0.2) is 11.6 Å². The zero-order valence-electron chi connectivity index (χ0n) is 40.1. The van der Waals surface area contributed by atoms with E-state index in [1.54, 1.807) is 0 Å². The summed E-state index contributed by atoms with van der Waals surface area (Å²) >= 11 is 0. The van der Waals surface area contributed by atoms with Crippen molar-refractivity contribution in [1.29, 1.82) is 0 Å². The quantitative estimate of drug-likeness (QED) is 0.145. The molecule has 3 aromatic heterocycles. The van der Waals surface area contributed by atoms with E-state index in [0.717, 1.165) is 72.9 Å². The Kier molecular flexibility index (Phi) is 11.0. The predicted molar refractivity (Wildman–Crippen MR) is 294 cm³/mol. The fourth-order valence-corrected chi connectivity index (χ4v) is 10.1. The van der Waals surface area contributed by atoms with Crippen LogP contribution in [0.5, 0.6) is 0 Å². The van der Waals surface area contributed by atoms with Crippen molar-refractivity contribution in [3.63, 3.8) is 0 Å². The lowest BCUT2D eigenvalue weighted by Gasteiger charge is -2.17. The maximum Gasteiger partial charge on any atom is 0.160 e. The van der Waals surface area contributed by atoms with Crippen molar-refractivity contribution in [1.82, 2.24) is 24.5 Å². The number of benzene rings is 9. The summed E-state index contributed by atoms with van der Waals surface area (Å²) in [6, 6.07) is 79.7. The van der Waals surface area contributed by atoms with Crippen LogP contribution in [0.2, 0.25) is 0 Å². The molecule has 0 unspecified atom stereocenters. The van der Waals surface area contributed by atoms with E-state index in [1.807, 2.05) is 36.4 Å². The molecule has 12 aromatic rings. The molecule has 0 fully saturated rings. The Hall–Kier alpha value is -9.06. The van der Waals surface area contributed by atoms with Crippen molar-refractivity contribution in [3.05, 3.63) is 247 Å². The molecule has 0 spiro atoms. The van der Waals surface area contributed by atoms with Gasteiger partial charge in [-0.1, -0.05) is 192 Å². The van der Waals surface area contributed by atoms with Crippen LogP contribution in [0.15, 0.2) is 224 Å². The first-order valence-corrected chi connectivity index (χ1v) is 24.2. The Labute approximate surface area is 414 Å². The third kappa shape index (κ3) is 8.49. The molecule has 0 saturated carbocycles. The lowest BCUT2D eigenvalue weighted by Crippen LogP contribution is -2.02. The number of hydrogen-bond donors (Lipinski definition) is 0. The lowest BCUT2D eigenvalue weighted by atomic mass is 9.97. The Balaban J connectivity index is 1.15. The van der Waals surface area contributed by atoms with Crippen molar-refractivity contribution in [2.45, 2.75) is 27.7 Å². The van der Waals surface area contributed by atoms with Crippen LogP contribution in [0.3, 0.4) is 0 Å². The molecule has 5 heteroatoms. The van der Waals surface area contributed by atoms with E-state index >= 15 is 0 Å². The Bertz CT molecular complexity index is 3690. The first-order chi connectivity index (χ1) is 34.8. The molecule has 0 amide bonds. The van der Waals surface area contributed by atoms with E-state index in [-0.39, 0.29) is 0 Å². The predicted octanol–water partition coefficient (Wildman–Crippen LogP) is 16.9. The Morgan fingerprint density at radius 1 is 0.268 bits per heavy atom. The minimum atomic E-state index is 0.622. The van der Waals surface area contributed by atoms with Gasteiger partial charge in [-0.25, -0.2) is 19.9 Å². The zero-order valence-corrected chi connectivity index (χ0v) is 40.1. The van der Waals surface area contributed by atoms with Crippen LogP contribution >= 0.6 is 0 Å². The first kappa shape index (κ1) is 43.2. The van der Waals surface area contributed by atoms with E-state index in [0.29, 0.717) is 11.6 Å². The van der Waals surface area contributed by atoms with Crippen molar-refractivity contribution in [3.8, 4) is 95.7 Å². The highest BCUT2D eigenvalue weighted by Crippen LogP contribution is 2.42. The van der Waals surface area contributed by atoms with Gasteiger partial charge in [0, 0.05) is 44.2 Å². The smallest absolute Gasteiger partial charge is 0.160 e. The van der Waals surface area contributed by atoms with E-state index in [4.69, 9.17) is 19.9 Å². The molecule has 0 N–H and O–H groups in total. The van der Waals surface area contributed by atoms with Crippen molar-refractivity contribution < 1.29 is 0 Å². The maximum absolute atomic E-state index is 5.47. The summed E-state index contributed by atoms with van der Waals surface area (Å²) in [5.74, 6) is 1.27. The highest BCUT2D eigenvalue weighted by Gasteiger charge is 2.22. The maximum atomic E-state index is 5.47. The number of aryl methyl sites for hydroxylation is 4. The van der Waals surface area contributed by atoms with Gasteiger partial charge in [0.1, 0.15) is 0 Å². The summed E-state index contributed by atoms with van der Waals surface area (Å²) < 4.78 is 2.42. The number of rotatable bonds is 9. The number of aromatic nitrogens is 5. The molecule has 0 saturated heterocycles. The van der Waals surface area contributed by atoms with Gasteiger partial charge in [0.2, 0.25) is 0 Å². The molecule has 0 radical (unpaired) electrons. The average Bonchev–Trinajstić information content (AvgIpc) is 3.73. The van der Waals surface area contributed by atoms with E-state index in [1.165, 1.54) is 55.3 Å². The van der Waals surface area contributed by atoms with Crippen molar-refractivity contribution in [2.75, 3.05) is 0 Å². The summed E-state index contributed by atoms with van der Waals surface area (Å²) in [6.07, 6.45) is 0. The molecule has 0 bridgehead atoms. The van der Waals surface area contributed by atoms with Crippen LogP contribution in [-0.4, -0.2) is 24.5 Å². The summed E-state index contributed by atoms with van der Waals surface area (Å²) in [5.41, 5.74) is 22.0. The topological polar surface area (TPSA) is 56.5 Å². The molecule has 3 heterocycles. The molecule has 9 aromatic carbocycles. The monoisotopic (exact) mass is 911 g/mol. The molecule has 71 heavy (non-hydrogen) atoms. The van der Waals surface area contributed by atoms with Crippen molar-refractivity contribution >= 4 is 21.8 Å². The van der Waals surface area contributed by atoms with Crippen LogP contribution < -0.4 is 0 Å². The molecular weight excluding hydrogens is 863 g/mol. The molecule has 0 aliphatic carbocycles. The molecule has 0 atom stereocenters. The third-order valence-electron chi connectivity index (χ3n) is 13.3. The highest BCUT2D eigenvalue weighted by atomic mass is 15.0. The highest BCUT2D eigenvalue weighted by molar-refractivity contribution is 6.12. The van der Waals surface area contributed by atoms with Crippen LogP contribution in [0.1, 0.15) is 22.3 Å². The van der Waals surface area contributed by atoms with Crippen molar-refractivity contribution in [2.24, 2.45) is 0 Å². The summed E-state index contributed by atoms with van der Waals surface area (Å²) in [5, 5.41) is 2.34. The fourth-order valence-electron chi connectivity index (χ4n) is 10.1. The van der Waals surface area contributed by atoms with Crippen LogP contribution in [-0.2, 0) is 0 Å². The largest absolute Gasteiger partial charge is 0.309 e. The minimum Gasteiger partial charge on any atom is -0.309 e. The summed E-state index contributed by atoms with van der Waals surface area (Å²) in [7, 11) is 0. The van der Waals surface area contributed by atoms with Crippen LogP contribution in [0, 0.1) is 27.7 Å². The van der Waals surface area contributed by atoms with Gasteiger partial charge in [-0.3, -0.25) is 0 Å². The minimum absolute atomic E-state index is 0.622. The van der Waals surface area contributed by atoms with Crippen LogP contribution in [0.25, 0.3) is 118 Å². The van der Waals surface area contributed by atoms with Gasteiger partial charge in [-0.05, 0) is 105 Å². The average molecular weight is 912 g/mol. The van der Waals surface area contributed by atoms with Gasteiger partial charge in [0.05, 0.1) is 39.5 Å². The second kappa shape index (κ2) is 18.1. The van der Waals surface area contributed by atoms with E-state index in [2.05, 4.69) is 220 Å². The molecule has 0 aliphatic heterocycles. The standard InChI is InChI=1S/C66H49N5/c1-42-31-43(2)34-53(33-42)50-25-28-62-55(37-50)56-38-51(54-35-44(3)32-45(4)36-54)26-29-63(56)71(62)64-30-27-52(66-68-58(46-17-9-5-10-18-46)40-59(69-66)47-19-11-6-12-20-47)39-57(64)61-41-60(48-21-13-7-14-22-48)67-65(70-61)49-23-15-8-16-24-49/h5-41H,1-4H3. The molecule has 338 valence electrons. The SMILES string of the molecule is Cc1cc(C)cc(-c2ccc3c(c2)c2cc(-c4cc(C)cc(C)c4)ccc2n3-c2ccc(-c3nc(-c4ccccc4)cc(-c4ccccc4)n3)cc2-c2cc(-c3ccccc3)nc(-c3ccccc3)n2)c1. The third-order valence-corrected chi connectivity index (χ3v) is 13.3. The second-order valence-corrected chi connectivity index (χ2v) is 18.7. The zero-order chi connectivity index (χ0) is 48.0. The van der Waals surface area contributed by atoms with Crippen LogP contribution in [0.4, 0.5) is 0 Å². The normalized spacial score (nSPS) is 11.4. The Morgan fingerprint density at radius 2 is 0.634 bits per heavy atom. The second-order valence-electron chi connectivity index (χ2n) is 18.7. The van der Waals surface area contributed by atoms with E-state index < -0.39 is 0 Å².